The number of hydrogen-bond donors (Lipinski definition) is 2. The summed E-state index contributed by atoms with van der Waals surface area (Å²) in [5.74, 6) is -0.436. The van der Waals surface area contributed by atoms with Gasteiger partial charge < -0.3 is 15.3 Å². The Labute approximate surface area is 199 Å². The predicted molar refractivity (Wildman–Crippen MR) is 133 cm³/mol. The van der Waals surface area contributed by atoms with Crippen molar-refractivity contribution >= 4 is 44.3 Å². The number of aliphatic imine (C=N–C) groups is 1. The van der Waals surface area contributed by atoms with Crippen molar-refractivity contribution in [1.82, 2.24) is 9.55 Å². The summed E-state index contributed by atoms with van der Waals surface area (Å²) in [5.41, 5.74) is 5.28. The molecular formula is C23H26N6O4S. The SMILES string of the molecule is CC[C@H](O)c1cc2ccccc2s1.CN=NC(Cn1cnc2oc(C(N)=O)c(C)c2c1=O)=NC. The van der Waals surface area contributed by atoms with Gasteiger partial charge in [-0.3, -0.25) is 19.1 Å². The molecule has 4 rings (SSSR count). The van der Waals surface area contributed by atoms with E-state index in [0.717, 1.165) is 11.3 Å². The summed E-state index contributed by atoms with van der Waals surface area (Å²) in [6.45, 7) is 3.70. The third-order valence-electron chi connectivity index (χ3n) is 5.09. The number of carbonyl (C=O) groups is 1. The standard InChI is InChI=1S/C12H14N6O3.C11H12OS/c1-6-8-11(21-9(6)10(13)19)16-5-18(12(8)20)4-7(14-2)17-15-3;1-2-9(12)11-7-8-5-3-4-6-10(8)13-11/h5H,4H2,1-3H3,(H2,13,19);3-7,9,12H,2H2,1H3/t;9-/m.0/s1. The number of hydrogen-bond acceptors (Lipinski definition) is 8. The lowest BCUT2D eigenvalue weighted by Crippen LogP contribution is -2.24. The molecule has 11 heteroatoms. The number of aliphatic hydroxyl groups excluding tert-OH is 1. The zero-order valence-corrected chi connectivity index (χ0v) is 20.2. The maximum Gasteiger partial charge on any atom is 0.284 e. The largest absolute Gasteiger partial charge is 0.432 e. The molecule has 0 unspecified atom stereocenters. The van der Waals surface area contributed by atoms with E-state index in [1.807, 2.05) is 19.1 Å². The van der Waals surface area contributed by atoms with Crippen LogP contribution in [0.2, 0.25) is 0 Å². The lowest BCUT2D eigenvalue weighted by atomic mass is 10.2. The molecule has 0 aliphatic heterocycles. The third kappa shape index (κ3) is 5.26. The van der Waals surface area contributed by atoms with Crippen molar-refractivity contribution in [2.75, 3.05) is 14.1 Å². The summed E-state index contributed by atoms with van der Waals surface area (Å²) < 4.78 is 7.77. The number of fused-ring (bicyclic) bond motifs is 2. The van der Waals surface area contributed by atoms with Gasteiger partial charge in [0.05, 0.1) is 12.6 Å². The van der Waals surface area contributed by atoms with E-state index in [0.29, 0.717) is 11.4 Å². The molecule has 178 valence electrons. The first-order valence-corrected chi connectivity index (χ1v) is 11.3. The van der Waals surface area contributed by atoms with Crippen LogP contribution in [-0.4, -0.2) is 40.5 Å². The number of thiophene rings is 1. The number of rotatable bonds is 5. The molecule has 1 amide bonds. The van der Waals surface area contributed by atoms with Crippen molar-refractivity contribution in [2.24, 2.45) is 21.0 Å². The van der Waals surface area contributed by atoms with Crippen LogP contribution in [0.4, 0.5) is 0 Å². The van der Waals surface area contributed by atoms with Crippen LogP contribution in [0.1, 0.15) is 40.4 Å². The number of aliphatic hydroxyl groups is 1. The fourth-order valence-electron chi connectivity index (χ4n) is 3.29. The van der Waals surface area contributed by atoms with E-state index in [1.165, 1.54) is 28.0 Å². The first kappa shape index (κ1) is 24.9. The number of nitrogens with zero attached hydrogens (tertiary/aromatic N) is 5. The van der Waals surface area contributed by atoms with Crippen molar-refractivity contribution < 1.29 is 14.3 Å². The fraction of sp³-hybridized carbons (Fsp3) is 0.304. The highest BCUT2D eigenvalue weighted by Crippen LogP contribution is 2.30. The second-order valence-electron chi connectivity index (χ2n) is 7.33. The summed E-state index contributed by atoms with van der Waals surface area (Å²) in [5, 5.41) is 18.5. The summed E-state index contributed by atoms with van der Waals surface area (Å²) >= 11 is 1.68. The lowest BCUT2D eigenvalue weighted by molar-refractivity contribution is 0.0975. The molecule has 0 fully saturated rings. The Hall–Kier alpha value is -3.70. The first-order valence-electron chi connectivity index (χ1n) is 10.5. The molecule has 1 aromatic carbocycles. The van der Waals surface area contributed by atoms with E-state index >= 15 is 0 Å². The van der Waals surface area contributed by atoms with Crippen LogP contribution in [0.15, 0.2) is 61.1 Å². The highest BCUT2D eigenvalue weighted by molar-refractivity contribution is 7.19. The highest BCUT2D eigenvalue weighted by Gasteiger charge is 2.19. The molecule has 1 atom stereocenters. The van der Waals surface area contributed by atoms with Crippen molar-refractivity contribution in [2.45, 2.75) is 32.9 Å². The average Bonchev–Trinajstić information content (AvgIpc) is 3.42. The number of amidine groups is 1. The molecule has 0 bridgehead atoms. The van der Waals surface area contributed by atoms with Crippen LogP contribution >= 0.6 is 11.3 Å². The van der Waals surface area contributed by atoms with Gasteiger partial charge in [0.15, 0.2) is 11.6 Å². The van der Waals surface area contributed by atoms with Crippen molar-refractivity contribution in [1.29, 1.82) is 0 Å². The smallest absolute Gasteiger partial charge is 0.284 e. The number of azo groups is 1. The van der Waals surface area contributed by atoms with E-state index < -0.39 is 5.91 Å². The number of nitrogens with two attached hydrogens (primary N) is 1. The molecule has 0 saturated heterocycles. The van der Waals surface area contributed by atoms with Crippen LogP contribution in [0, 0.1) is 6.92 Å². The zero-order chi connectivity index (χ0) is 24.8. The zero-order valence-electron chi connectivity index (χ0n) is 19.3. The van der Waals surface area contributed by atoms with Crippen LogP contribution in [0.5, 0.6) is 0 Å². The first-order chi connectivity index (χ1) is 16.3. The van der Waals surface area contributed by atoms with Gasteiger partial charge in [0.2, 0.25) is 5.71 Å². The summed E-state index contributed by atoms with van der Waals surface area (Å²) in [6.07, 6.45) is 1.79. The molecule has 3 N–H and O–H groups in total. The Morgan fingerprint density at radius 1 is 1.32 bits per heavy atom. The van der Waals surface area contributed by atoms with Crippen LogP contribution in [0.3, 0.4) is 0 Å². The van der Waals surface area contributed by atoms with Crippen LogP contribution in [0.25, 0.3) is 21.2 Å². The average molecular weight is 483 g/mol. The number of aromatic nitrogens is 2. The van der Waals surface area contributed by atoms with Gasteiger partial charge in [0.25, 0.3) is 11.5 Å². The van der Waals surface area contributed by atoms with E-state index in [4.69, 9.17) is 10.2 Å². The maximum atomic E-state index is 12.4. The van der Waals surface area contributed by atoms with Crippen molar-refractivity contribution in [3.63, 3.8) is 0 Å². The Balaban J connectivity index is 0.000000212. The molecular weight excluding hydrogens is 456 g/mol. The second kappa shape index (κ2) is 10.9. The lowest BCUT2D eigenvalue weighted by Gasteiger charge is -2.03. The molecule has 0 spiro atoms. The van der Waals surface area contributed by atoms with E-state index in [9.17, 15) is 14.7 Å². The normalized spacial score (nSPS) is 12.8. The molecule has 0 saturated carbocycles. The molecule has 0 aliphatic carbocycles. The van der Waals surface area contributed by atoms with Gasteiger partial charge in [-0.05, 0) is 30.9 Å². The Morgan fingerprint density at radius 2 is 2.06 bits per heavy atom. The van der Waals surface area contributed by atoms with Gasteiger partial charge in [0, 0.05) is 29.2 Å². The minimum atomic E-state index is -0.743. The molecule has 4 aromatic rings. The van der Waals surface area contributed by atoms with Crippen molar-refractivity contribution in [3.05, 3.63) is 63.2 Å². The summed E-state index contributed by atoms with van der Waals surface area (Å²) in [7, 11) is 3.06. The van der Waals surface area contributed by atoms with Gasteiger partial charge in [-0.1, -0.05) is 25.1 Å². The van der Waals surface area contributed by atoms with Gasteiger partial charge in [-0.25, -0.2) is 4.98 Å². The number of primary amides is 1. The topological polar surface area (TPSA) is 148 Å². The van der Waals surface area contributed by atoms with Crippen LogP contribution < -0.4 is 11.3 Å². The third-order valence-corrected chi connectivity index (χ3v) is 6.30. The molecule has 10 nitrogen and oxygen atoms in total. The molecule has 0 radical (unpaired) electrons. The van der Waals surface area contributed by atoms with E-state index in [-0.39, 0.29) is 35.1 Å². The highest BCUT2D eigenvalue weighted by atomic mass is 32.1. The second-order valence-corrected chi connectivity index (χ2v) is 8.44. The van der Waals surface area contributed by atoms with E-state index in [1.54, 1.807) is 25.3 Å². The summed E-state index contributed by atoms with van der Waals surface area (Å²) in [6, 6.07) is 10.3. The summed E-state index contributed by atoms with van der Waals surface area (Å²) in [4.78, 5) is 32.7. The van der Waals surface area contributed by atoms with Gasteiger partial charge >= 0.3 is 0 Å². The minimum absolute atomic E-state index is 0.0648. The number of aryl methyl sites for hydroxylation is 1. The number of furan rings is 1. The molecule has 3 heterocycles. The Morgan fingerprint density at radius 3 is 2.68 bits per heavy atom. The van der Waals surface area contributed by atoms with Crippen LogP contribution in [-0.2, 0) is 6.54 Å². The van der Waals surface area contributed by atoms with Gasteiger partial charge in [-0.2, -0.15) is 5.11 Å². The molecule has 3 aromatic heterocycles. The number of carbonyl (C=O) groups excluding carboxylic acids is 1. The quantitative estimate of drug-likeness (QED) is 0.252. The maximum absolute atomic E-state index is 12.4. The predicted octanol–water partition coefficient (Wildman–Crippen LogP) is 3.85. The number of amides is 1. The monoisotopic (exact) mass is 482 g/mol. The Bertz CT molecular complexity index is 1400. The Kier molecular flexibility index (Phi) is 8.03. The van der Waals surface area contributed by atoms with Gasteiger partial charge in [-0.15, -0.1) is 16.5 Å². The molecule has 0 aliphatic rings. The molecule has 34 heavy (non-hydrogen) atoms. The number of benzene rings is 1. The van der Waals surface area contributed by atoms with Gasteiger partial charge in [0.1, 0.15) is 11.7 Å². The fourth-order valence-corrected chi connectivity index (χ4v) is 4.42. The van der Waals surface area contributed by atoms with Crippen molar-refractivity contribution in [3.8, 4) is 0 Å². The van der Waals surface area contributed by atoms with E-state index in [2.05, 4.69) is 38.4 Å². The minimum Gasteiger partial charge on any atom is -0.432 e.